The Morgan fingerprint density at radius 1 is 1.24 bits per heavy atom. The minimum Gasteiger partial charge on any atom is -0.480 e. The maximum absolute atomic E-state index is 11.9. The van der Waals surface area contributed by atoms with Crippen LogP contribution in [0.1, 0.15) is 43.6 Å². The summed E-state index contributed by atoms with van der Waals surface area (Å²) in [6.07, 6.45) is 9.96. The van der Waals surface area contributed by atoms with E-state index in [0.29, 0.717) is 17.3 Å². The van der Waals surface area contributed by atoms with Crippen LogP contribution in [0.2, 0.25) is 0 Å². The highest BCUT2D eigenvalue weighted by Gasteiger charge is 2.14. The maximum Gasteiger partial charge on any atom is 0.337 e. The highest BCUT2D eigenvalue weighted by molar-refractivity contribution is 9.09. The van der Waals surface area contributed by atoms with E-state index >= 15 is 0 Å². The second-order valence-corrected chi connectivity index (χ2v) is 7.17. The van der Waals surface area contributed by atoms with Gasteiger partial charge in [0.1, 0.15) is 12.4 Å². The van der Waals surface area contributed by atoms with Crippen LogP contribution in [-0.2, 0) is 25.5 Å². The number of methoxy groups -OCH3 is 1. The minimum atomic E-state index is -1.00. The molecule has 186 valence electrons. The summed E-state index contributed by atoms with van der Waals surface area (Å²) in [6.45, 7) is 11.1. The number of ketones is 1. The molecule has 7 nitrogen and oxygen atoms in total. The molecule has 1 aromatic heterocycles. The summed E-state index contributed by atoms with van der Waals surface area (Å²) in [4.78, 5) is 32.3. The number of carbonyl (C=O) groups excluding carboxylic acids is 2. The SMILES string of the molecule is C=C/C=C(\C=C/C)n1cc(CCOCC(=O)O)c2cc(C(=O)OC)ccc21.CC.CC(=O)CBr. The van der Waals surface area contributed by atoms with Crippen LogP contribution in [0.3, 0.4) is 0 Å². The number of nitrogens with zero attached hydrogens (tertiary/aromatic N) is 1. The van der Waals surface area contributed by atoms with E-state index in [0.717, 1.165) is 22.2 Å². The van der Waals surface area contributed by atoms with Gasteiger partial charge in [-0.3, -0.25) is 4.79 Å². The lowest BCUT2D eigenvalue weighted by Gasteiger charge is -2.06. The van der Waals surface area contributed by atoms with E-state index in [1.54, 1.807) is 18.2 Å². The zero-order valence-electron chi connectivity index (χ0n) is 20.5. The molecule has 8 heteroatoms. The molecule has 1 aromatic carbocycles. The van der Waals surface area contributed by atoms with Gasteiger partial charge in [-0.25, -0.2) is 9.59 Å². The zero-order chi connectivity index (χ0) is 26.1. The summed E-state index contributed by atoms with van der Waals surface area (Å²) < 4.78 is 12.0. The van der Waals surface area contributed by atoms with Crippen LogP contribution >= 0.6 is 15.9 Å². The van der Waals surface area contributed by atoms with Crippen molar-refractivity contribution in [2.75, 3.05) is 25.7 Å². The number of ether oxygens (including phenoxy) is 2. The van der Waals surface area contributed by atoms with Crippen LogP contribution in [0.15, 0.2) is 55.3 Å². The summed E-state index contributed by atoms with van der Waals surface area (Å²) in [7, 11) is 1.34. The average Bonchev–Trinajstić information content (AvgIpc) is 3.20. The van der Waals surface area contributed by atoms with Crippen molar-refractivity contribution in [1.29, 1.82) is 0 Å². The van der Waals surface area contributed by atoms with E-state index in [1.165, 1.54) is 14.0 Å². The van der Waals surface area contributed by atoms with Crippen molar-refractivity contribution in [2.45, 2.75) is 34.1 Å². The maximum atomic E-state index is 11.9. The Hall–Kier alpha value is -2.97. The molecule has 0 atom stereocenters. The predicted molar refractivity (Wildman–Crippen MR) is 141 cm³/mol. The van der Waals surface area contributed by atoms with Crippen LogP contribution in [0.4, 0.5) is 0 Å². The Bertz CT molecular complexity index is 1020. The summed E-state index contributed by atoms with van der Waals surface area (Å²) in [5, 5.41) is 10.1. The molecule has 0 aliphatic heterocycles. The average molecular weight is 536 g/mol. The first-order chi connectivity index (χ1) is 16.3. The smallest absolute Gasteiger partial charge is 0.337 e. The van der Waals surface area contributed by atoms with Crippen molar-refractivity contribution in [3.05, 3.63) is 66.4 Å². The molecule has 1 heterocycles. The Morgan fingerprint density at radius 2 is 1.88 bits per heavy atom. The van der Waals surface area contributed by atoms with Crippen molar-refractivity contribution < 1.29 is 29.0 Å². The lowest BCUT2D eigenvalue weighted by Crippen LogP contribution is -2.09. The van der Waals surface area contributed by atoms with Gasteiger partial charge in [-0.1, -0.05) is 48.5 Å². The molecule has 2 aromatic rings. The number of rotatable bonds is 10. The molecule has 0 aliphatic rings. The summed E-state index contributed by atoms with van der Waals surface area (Å²) in [6, 6.07) is 5.37. The number of alkyl halides is 1. The lowest BCUT2D eigenvalue weighted by atomic mass is 10.1. The molecule has 0 amide bonds. The van der Waals surface area contributed by atoms with Gasteiger partial charge in [0.15, 0.2) is 0 Å². The first-order valence-electron chi connectivity index (χ1n) is 10.8. The fraction of sp³-hybridized carbons (Fsp3) is 0.346. The van der Waals surface area contributed by atoms with E-state index in [1.807, 2.05) is 55.8 Å². The normalized spacial score (nSPS) is 10.7. The van der Waals surface area contributed by atoms with Gasteiger partial charge in [-0.05, 0) is 56.2 Å². The third-order valence-corrected chi connectivity index (χ3v) is 4.93. The number of carboxylic acid groups (broad SMARTS) is 1. The number of carbonyl (C=O) groups is 3. The first-order valence-corrected chi connectivity index (χ1v) is 11.9. The summed E-state index contributed by atoms with van der Waals surface area (Å²) >= 11 is 2.96. The van der Waals surface area contributed by atoms with E-state index in [4.69, 9.17) is 14.6 Å². The first kappa shape index (κ1) is 31.0. The molecule has 34 heavy (non-hydrogen) atoms. The van der Waals surface area contributed by atoms with Crippen LogP contribution in [-0.4, -0.2) is 53.0 Å². The van der Waals surface area contributed by atoms with Crippen molar-refractivity contribution in [3.8, 4) is 0 Å². The molecule has 0 spiro atoms. The number of benzene rings is 1. The molecular formula is C26H34BrNO6. The monoisotopic (exact) mass is 535 g/mol. The van der Waals surface area contributed by atoms with Gasteiger partial charge in [0.05, 0.1) is 30.1 Å². The van der Waals surface area contributed by atoms with Gasteiger partial charge in [-0.15, -0.1) is 0 Å². The van der Waals surface area contributed by atoms with Crippen LogP contribution in [0, 0.1) is 0 Å². The number of fused-ring (bicyclic) bond motifs is 1. The van der Waals surface area contributed by atoms with Gasteiger partial charge in [0.25, 0.3) is 0 Å². The number of hydrogen-bond donors (Lipinski definition) is 1. The molecule has 0 saturated heterocycles. The van der Waals surface area contributed by atoms with Gasteiger partial charge in [0.2, 0.25) is 0 Å². The number of aromatic nitrogens is 1. The van der Waals surface area contributed by atoms with E-state index in [9.17, 15) is 14.4 Å². The molecule has 0 unspecified atom stereocenters. The van der Waals surface area contributed by atoms with E-state index < -0.39 is 11.9 Å². The lowest BCUT2D eigenvalue weighted by molar-refractivity contribution is -0.142. The number of esters is 1. The topological polar surface area (TPSA) is 94.8 Å². The Balaban J connectivity index is 0.00000138. The van der Waals surface area contributed by atoms with Gasteiger partial charge >= 0.3 is 11.9 Å². The Kier molecular flexibility index (Phi) is 16.0. The minimum absolute atomic E-state index is 0.171. The predicted octanol–water partition coefficient (Wildman–Crippen LogP) is 5.67. The van der Waals surface area contributed by atoms with Crippen molar-refractivity contribution in [2.24, 2.45) is 0 Å². The van der Waals surface area contributed by atoms with Gasteiger partial charge < -0.3 is 19.1 Å². The number of carboxylic acids is 1. The van der Waals surface area contributed by atoms with Gasteiger partial charge in [0, 0.05) is 17.3 Å². The second kappa shape index (κ2) is 17.5. The van der Waals surface area contributed by atoms with Crippen molar-refractivity contribution in [1.82, 2.24) is 4.57 Å². The molecule has 1 N–H and O–H groups in total. The summed E-state index contributed by atoms with van der Waals surface area (Å²) in [5.74, 6) is -1.24. The molecule has 0 fully saturated rings. The second-order valence-electron chi connectivity index (χ2n) is 6.61. The number of hydrogen-bond acceptors (Lipinski definition) is 5. The number of Topliss-reactive ketones (excluding diaryl/α,β-unsaturated/α-hetero) is 1. The fourth-order valence-corrected chi connectivity index (χ4v) is 2.81. The highest BCUT2D eigenvalue weighted by atomic mass is 79.9. The van der Waals surface area contributed by atoms with Gasteiger partial charge in [-0.2, -0.15) is 0 Å². The largest absolute Gasteiger partial charge is 0.480 e. The molecule has 0 aliphatic carbocycles. The third-order valence-electron chi connectivity index (χ3n) is 4.14. The molecule has 0 radical (unpaired) electrons. The van der Waals surface area contributed by atoms with Crippen LogP contribution < -0.4 is 0 Å². The van der Waals surface area contributed by atoms with Crippen molar-refractivity contribution in [3.63, 3.8) is 0 Å². The van der Waals surface area contributed by atoms with E-state index in [2.05, 4.69) is 22.5 Å². The number of aliphatic carboxylic acids is 1. The summed E-state index contributed by atoms with van der Waals surface area (Å²) in [5.41, 5.74) is 3.24. The molecule has 0 saturated carbocycles. The highest BCUT2D eigenvalue weighted by Crippen LogP contribution is 2.27. The quantitative estimate of drug-likeness (QED) is 0.182. The Morgan fingerprint density at radius 3 is 2.38 bits per heavy atom. The standard InChI is InChI=1S/C21H23NO5.C3H5BrO.C2H6/c1-4-6-17(7-5-2)22-13-16(10-11-27-14-20(23)24)18-12-15(21(25)26-3)8-9-19(18)22;1-3(5)2-4;1-2/h4-9,12-13H,1,10-11,14H2,2-3H3,(H,23,24);2H2,1H3;1-2H3/b7-5-,17-6+;;. The third kappa shape index (κ3) is 10.3. The molecular weight excluding hydrogens is 502 g/mol. The van der Waals surface area contributed by atoms with Crippen LogP contribution in [0.5, 0.6) is 0 Å². The fourth-order valence-electron chi connectivity index (χ4n) is 2.81. The number of halogens is 1. The Labute approximate surface area is 209 Å². The van der Waals surface area contributed by atoms with Crippen molar-refractivity contribution >= 4 is 50.3 Å². The zero-order valence-corrected chi connectivity index (χ0v) is 22.1. The number of allylic oxidation sites excluding steroid dienone is 5. The van der Waals surface area contributed by atoms with Crippen LogP contribution in [0.25, 0.3) is 16.6 Å². The molecule has 2 rings (SSSR count). The molecule has 0 bridgehead atoms. The van der Waals surface area contributed by atoms with E-state index in [-0.39, 0.29) is 19.0 Å².